The Morgan fingerprint density at radius 2 is 2.29 bits per heavy atom. The Kier molecular flexibility index (Phi) is 3.72. The minimum atomic E-state index is -0.587. The average molecular weight is 322 g/mol. The van der Waals surface area contributed by atoms with Gasteiger partial charge in [-0.05, 0) is 46.3 Å². The SMILES string of the molecule is COc1cc(C#N)cc(I)c1C(=O)Cl. The van der Waals surface area contributed by atoms with E-state index in [0.29, 0.717) is 20.4 Å². The summed E-state index contributed by atoms with van der Waals surface area (Å²) in [6, 6.07) is 5.04. The molecule has 0 atom stereocenters. The van der Waals surface area contributed by atoms with Gasteiger partial charge in [-0.2, -0.15) is 5.26 Å². The predicted octanol–water partition coefficient (Wildman–Crippen LogP) is 2.55. The average Bonchev–Trinajstić information content (AvgIpc) is 2.15. The number of nitrogens with zero attached hydrogens (tertiary/aromatic N) is 1. The quantitative estimate of drug-likeness (QED) is 0.621. The topological polar surface area (TPSA) is 50.1 Å². The summed E-state index contributed by atoms with van der Waals surface area (Å²) in [5.74, 6) is 0.327. The van der Waals surface area contributed by atoms with E-state index in [-0.39, 0.29) is 0 Å². The van der Waals surface area contributed by atoms with Gasteiger partial charge in [0.2, 0.25) is 0 Å². The smallest absolute Gasteiger partial charge is 0.257 e. The van der Waals surface area contributed by atoms with Crippen LogP contribution in [-0.4, -0.2) is 12.4 Å². The van der Waals surface area contributed by atoms with E-state index in [1.807, 2.05) is 28.7 Å². The summed E-state index contributed by atoms with van der Waals surface area (Å²) in [5, 5.41) is 8.10. The molecule has 0 amide bonds. The van der Waals surface area contributed by atoms with E-state index in [4.69, 9.17) is 21.6 Å². The van der Waals surface area contributed by atoms with Crippen molar-refractivity contribution >= 4 is 39.4 Å². The van der Waals surface area contributed by atoms with E-state index >= 15 is 0 Å². The minimum Gasteiger partial charge on any atom is -0.496 e. The second-order valence-corrected chi connectivity index (χ2v) is 3.93. The molecule has 0 saturated heterocycles. The summed E-state index contributed by atoms with van der Waals surface area (Å²) in [5.41, 5.74) is 0.738. The van der Waals surface area contributed by atoms with E-state index in [2.05, 4.69) is 0 Å². The molecule has 0 heterocycles. The normalized spacial score (nSPS) is 9.29. The Morgan fingerprint density at radius 1 is 1.64 bits per heavy atom. The van der Waals surface area contributed by atoms with Crippen molar-refractivity contribution in [2.45, 2.75) is 0 Å². The monoisotopic (exact) mass is 321 g/mol. The Bertz CT molecular complexity index is 426. The third-order valence-electron chi connectivity index (χ3n) is 1.60. The molecule has 0 unspecified atom stereocenters. The zero-order valence-corrected chi connectivity index (χ0v) is 10.1. The number of rotatable bonds is 2. The van der Waals surface area contributed by atoms with Crippen LogP contribution in [0.5, 0.6) is 5.75 Å². The van der Waals surface area contributed by atoms with Crippen molar-refractivity contribution in [1.29, 1.82) is 5.26 Å². The largest absolute Gasteiger partial charge is 0.496 e. The van der Waals surface area contributed by atoms with Crippen molar-refractivity contribution in [2.24, 2.45) is 0 Å². The number of carbonyl (C=O) groups is 1. The molecule has 0 saturated carbocycles. The van der Waals surface area contributed by atoms with Gasteiger partial charge in [0.1, 0.15) is 5.75 Å². The van der Waals surface area contributed by atoms with Crippen LogP contribution in [0.3, 0.4) is 0 Å². The molecular weight excluding hydrogens is 316 g/mol. The molecule has 1 aromatic rings. The van der Waals surface area contributed by atoms with Crippen molar-refractivity contribution in [2.75, 3.05) is 7.11 Å². The van der Waals surface area contributed by atoms with E-state index in [9.17, 15) is 4.79 Å². The van der Waals surface area contributed by atoms with E-state index < -0.39 is 5.24 Å². The number of benzene rings is 1. The van der Waals surface area contributed by atoms with Crippen molar-refractivity contribution in [3.63, 3.8) is 0 Å². The van der Waals surface area contributed by atoms with Crippen LogP contribution in [0.2, 0.25) is 0 Å². The fourth-order valence-electron chi connectivity index (χ4n) is 0.998. The highest BCUT2D eigenvalue weighted by Crippen LogP contribution is 2.27. The van der Waals surface area contributed by atoms with Gasteiger partial charge in [-0.15, -0.1) is 0 Å². The molecular formula is C9H5ClINO2. The van der Waals surface area contributed by atoms with Crippen molar-refractivity contribution in [3.05, 3.63) is 26.8 Å². The summed E-state index contributed by atoms with van der Waals surface area (Å²) >= 11 is 7.32. The lowest BCUT2D eigenvalue weighted by atomic mass is 10.1. The van der Waals surface area contributed by atoms with E-state index in [0.717, 1.165) is 0 Å². The summed E-state index contributed by atoms with van der Waals surface area (Å²) in [7, 11) is 1.43. The van der Waals surface area contributed by atoms with Crippen molar-refractivity contribution in [3.8, 4) is 11.8 Å². The van der Waals surface area contributed by atoms with Crippen LogP contribution >= 0.6 is 34.2 Å². The first-order chi connectivity index (χ1) is 6.60. The van der Waals surface area contributed by atoms with Gasteiger partial charge in [0.05, 0.1) is 24.3 Å². The van der Waals surface area contributed by atoms with Crippen molar-refractivity contribution in [1.82, 2.24) is 0 Å². The lowest BCUT2D eigenvalue weighted by molar-refractivity contribution is 0.107. The Balaban J connectivity index is 3.44. The number of ether oxygens (including phenoxy) is 1. The first kappa shape index (κ1) is 11.3. The molecule has 5 heteroatoms. The van der Waals surface area contributed by atoms with Gasteiger partial charge >= 0.3 is 0 Å². The third kappa shape index (κ3) is 2.16. The van der Waals surface area contributed by atoms with Crippen LogP contribution in [0.25, 0.3) is 0 Å². The van der Waals surface area contributed by atoms with Crippen LogP contribution in [0.1, 0.15) is 15.9 Å². The second kappa shape index (κ2) is 4.62. The summed E-state index contributed by atoms with van der Waals surface area (Å²) in [4.78, 5) is 11.0. The van der Waals surface area contributed by atoms with Crippen LogP contribution in [0, 0.1) is 14.9 Å². The minimum absolute atomic E-state index is 0.300. The Morgan fingerprint density at radius 3 is 2.71 bits per heavy atom. The number of carbonyl (C=O) groups excluding carboxylic acids is 1. The van der Waals surface area contributed by atoms with E-state index in [1.165, 1.54) is 13.2 Å². The maximum Gasteiger partial charge on any atom is 0.257 e. The summed E-state index contributed by atoms with van der Waals surface area (Å²) in [6.07, 6.45) is 0. The molecule has 1 aromatic carbocycles. The molecule has 3 nitrogen and oxygen atoms in total. The number of hydrogen-bond acceptors (Lipinski definition) is 3. The predicted molar refractivity (Wildman–Crippen MR) is 60.6 cm³/mol. The Labute approximate surface area is 99.8 Å². The number of methoxy groups -OCH3 is 1. The molecule has 0 aromatic heterocycles. The first-order valence-corrected chi connectivity index (χ1v) is 5.03. The van der Waals surface area contributed by atoms with Crippen LogP contribution in [0.15, 0.2) is 12.1 Å². The van der Waals surface area contributed by atoms with Crippen LogP contribution in [0.4, 0.5) is 0 Å². The highest BCUT2D eigenvalue weighted by molar-refractivity contribution is 14.1. The molecule has 0 spiro atoms. The maximum absolute atomic E-state index is 11.0. The second-order valence-electron chi connectivity index (χ2n) is 2.42. The molecule has 0 N–H and O–H groups in total. The van der Waals surface area contributed by atoms with Gasteiger partial charge in [0.25, 0.3) is 5.24 Å². The molecule has 14 heavy (non-hydrogen) atoms. The number of nitriles is 1. The molecule has 0 aliphatic rings. The summed E-state index contributed by atoms with van der Waals surface area (Å²) < 4.78 is 5.58. The first-order valence-electron chi connectivity index (χ1n) is 3.57. The zero-order chi connectivity index (χ0) is 10.7. The maximum atomic E-state index is 11.0. The summed E-state index contributed by atoms with van der Waals surface area (Å²) in [6.45, 7) is 0. The molecule has 0 fully saturated rings. The number of halogens is 2. The van der Waals surface area contributed by atoms with Gasteiger partial charge in [-0.3, -0.25) is 4.79 Å². The zero-order valence-electron chi connectivity index (χ0n) is 7.17. The lowest BCUT2D eigenvalue weighted by Crippen LogP contribution is -1.99. The van der Waals surface area contributed by atoms with Gasteiger partial charge < -0.3 is 4.74 Å². The standard InChI is InChI=1S/C9H5ClINO2/c1-14-7-3-5(4-12)2-6(11)8(7)9(10)13/h2-3H,1H3. The van der Waals surface area contributed by atoms with Crippen LogP contribution in [-0.2, 0) is 0 Å². The molecule has 72 valence electrons. The number of hydrogen-bond donors (Lipinski definition) is 0. The highest BCUT2D eigenvalue weighted by Gasteiger charge is 2.15. The molecule has 1 rings (SSSR count). The fraction of sp³-hybridized carbons (Fsp3) is 0.111. The molecule has 0 bridgehead atoms. The third-order valence-corrected chi connectivity index (χ3v) is 2.64. The van der Waals surface area contributed by atoms with E-state index in [1.54, 1.807) is 6.07 Å². The molecule has 0 aliphatic heterocycles. The van der Waals surface area contributed by atoms with Gasteiger partial charge in [-0.1, -0.05) is 0 Å². The highest BCUT2D eigenvalue weighted by atomic mass is 127. The van der Waals surface area contributed by atoms with Gasteiger partial charge in [-0.25, -0.2) is 0 Å². The van der Waals surface area contributed by atoms with Gasteiger partial charge in [0, 0.05) is 3.57 Å². The lowest BCUT2D eigenvalue weighted by Gasteiger charge is -2.06. The van der Waals surface area contributed by atoms with Crippen molar-refractivity contribution < 1.29 is 9.53 Å². The van der Waals surface area contributed by atoms with Crippen LogP contribution < -0.4 is 4.74 Å². The molecule has 0 aliphatic carbocycles. The van der Waals surface area contributed by atoms with Gasteiger partial charge in [0.15, 0.2) is 0 Å². The molecule has 0 radical (unpaired) electrons. The fourth-order valence-corrected chi connectivity index (χ4v) is 2.20. The Hall–Kier alpha value is -0.800.